The van der Waals surface area contributed by atoms with E-state index in [9.17, 15) is 0 Å². The van der Waals surface area contributed by atoms with Crippen molar-refractivity contribution in [2.75, 3.05) is 33.2 Å². The summed E-state index contributed by atoms with van der Waals surface area (Å²) >= 11 is 0. The van der Waals surface area contributed by atoms with Crippen LogP contribution in [0, 0.1) is 5.41 Å². The Morgan fingerprint density at radius 2 is 2.20 bits per heavy atom. The van der Waals surface area contributed by atoms with Crippen LogP contribution < -0.4 is 5.32 Å². The zero-order valence-electron chi connectivity index (χ0n) is 6.69. The van der Waals surface area contributed by atoms with Gasteiger partial charge in [0.1, 0.15) is 0 Å². The SMILES string of the molecule is CN1CC2(CCCNC2)C1. The van der Waals surface area contributed by atoms with E-state index in [2.05, 4.69) is 17.3 Å². The third-order valence-corrected chi connectivity index (χ3v) is 2.77. The van der Waals surface area contributed by atoms with Crippen LogP contribution in [0.3, 0.4) is 0 Å². The standard InChI is InChI=1S/C8H16N2/c1-10-6-8(7-10)3-2-4-9-5-8/h9H,2-7H2,1H3. The van der Waals surface area contributed by atoms with Crippen molar-refractivity contribution in [3.05, 3.63) is 0 Å². The fourth-order valence-electron chi connectivity index (χ4n) is 2.40. The van der Waals surface area contributed by atoms with E-state index in [4.69, 9.17) is 0 Å². The van der Waals surface area contributed by atoms with Gasteiger partial charge in [0.15, 0.2) is 0 Å². The molecule has 1 spiro atoms. The molecule has 10 heavy (non-hydrogen) atoms. The van der Waals surface area contributed by atoms with Gasteiger partial charge in [-0.05, 0) is 26.4 Å². The first kappa shape index (κ1) is 6.62. The number of hydrogen-bond donors (Lipinski definition) is 1. The molecule has 0 saturated carbocycles. The maximum atomic E-state index is 3.47. The summed E-state index contributed by atoms with van der Waals surface area (Å²) in [7, 11) is 2.21. The normalized spacial score (nSPS) is 32.1. The van der Waals surface area contributed by atoms with Crippen molar-refractivity contribution in [3.8, 4) is 0 Å². The van der Waals surface area contributed by atoms with Gasteiger partial charge in [0, 0.05) is 25.0 Å². The van der Waals surface area contributed by atoms with Crippen molar-refractivity contribution in [3.63, 3.8) is 0 Å². The second kappa shape index (κ2) is 2.21. The van der Waals surface area contributed by atoms with Gasteiger partial charge in [-0.2, -0.15) is 0 Å². The maximum Gasteiger partial charge on any atom is 0.00825 e. The highest BCUT2D eigenvalue weighted by Gasteiger charge is 2.41. The van der Waals surface area contributed by atoms with Gasteiger partial charge in [-0.3, -0.25) is 0 Å². The maximum absolute atomic E-state index is 3.47. The Morgan fingerprint density at radius 3 is 2.70 bits per heavy atom. The van der Waals surface area contributed by atoms with Crippen molar-refractivity contribution in [2.24, 2.45) is 5.41 Å². The third kappa shape index (κ3) is 0.956. The fourth-order valence-corrected chi connectivity index (χ4v) is 2.40. The van der Waals surface area contributed by atoms with E-state index >= 15 is 0 Å². The second-order valence-electron chi connectivity index (χ2n) is 3.95. The van der Waals surface area contributed by atoms with Crippen LogP contribution in [-0.2, 0) is 0 Å². The molecule has 0 atom stereocenters. The monoisotopic (exact) mass is 140 g/mol. The molecule has 0 unspecified atom stereocenters. The van der Waals surface area contributed by atoms with Gasteiger partial charge >= 0.3 is 0 Å². The van der Waals surface area contributed by atoms with Gasteiger partial charge in [0.2, 0.25) is 0 Å². The van der Waals surface area contributed by atoms with E-state index in [1.165, 1.54) is 39.0 Å². The molecule has 2 heteroatoms. The van der Waals surface area contributed by atoms with Crippen LogP contribution in [0.1, 0.15) is 12.8 Å². The molecule has 1 N–H and O–H groups in total. The fraction of sp³-hybridized carbons (Fsp3) is 1.00. The Bertz CT molecular complexity index is 112. The smallest absolute Gasteiger partial charge is 0.00825 e. The van der Waals surface area contributed by atoms with E-state index in [-0.39, 0.29) is 0 Å². The van der Waals surface area contributed by atoms with Gasteiger partial charge in [-0.1, -0.05) is 0 Å². The summed E-state index contributed by atoms with van der Waals surface area (Å²) in [6, 6.07) is 0. The molecule has 2 aliphatic heterocycles. The number of hydrogen-bond acceptors (Lipinski definition) is 2. The Balaban J connectivity index is 1.90. The Hall–Kier alpha value is -0.0800. The Kier molecular flexibility index (Phi) is 1.46. The second-order valence-corrected chi connectivity index (χ2v) is 3.95. The Morgan fingerprint density at radius 1 is 1.40 bits per heavy atom. The molecular formula is C8H16N2. The van der Waals surface area contributed by atoms with Crippen LogP contribution in [-0.4, -0.2) is 38.1 Å². The molecule has 2 heterocycles. The molecule has 0 radical (unpaired) electrons. The van der Waals surface area contributed by atoms with Crippen LogP contribution in [0.25, 0.3) is 0 Å². The predicted molar refractivity (Wildman–Crippen MR) is 42.0 cm³/mol. The molecule has 2 nitrogen and oxygen atoms in total. The molecule has 0 amide bonds. The molecule has 0 aromatic carbocycles. The molecule has 2 aliphatic rings. The van der Waals surface area contributed by atoms with Crippen molar-refractivity contribution >= 4 is 0 Å². The predicted octanol–water partition coefficient (Wildman–Crippen LogP) is 0.302. The largest absolute Gasteiger partial charge is 0.316 e. The first-order valence-electron chi connectivity index (χ1n) is 4.20. The van der Waals surface area contributed by atoms with Gasteiger partial charge in [-0.25, -0.2) is 0 Å². The van der Waals surface area contributed by atoms with Crippen molar-refractivity contribution in [2.45, 2.75) is 12.8 Å². The average molecular weight is 140 g/mol. The lowest BCUT2D eigenvalue weighted by Crippen LogP contribution is -2.60. The highest BCUT2D eigenvalue weighted by Crippen LogP contribution is 2.34. The lowest BCUT2D eigenvalue weighted by molar-refractivity contribution is 0.00201. The van der Waals surface area contributed by atoms with E-state index in [0.717, 1.165) is 0 Å². The summed E-state index contributed by atoms with van der Waals surface area (Å²) in [5.74, 6) is 0. The van der Waals surface area contributed by atoms with Crippen LogP contribution in [0.4, 0.5) is 0 Å². The van der Waals surface area contributed by atoms with Gasteiger partial charge in [0.05, 0.1) is 0 Å². The van der Waals surface area contributed by atoms with Gasteiger partial charge < -0.3 is 10.2 Å². The minimum absolute atomic E-state index is 0.688. The molecule has 0 aromatic rings. The third-order valence-electron chi connectivity index (χ3n) is 2.77. The van der Waals surface area contributed by atoms with Gasteiger partial charge in [0.25, 0.3) is 0 Å². The molecule has 0 bridgehead atoms. The number of likely N-dealkylation sites (tertiary alicyclic amines) is 1. The lowest BCUT2D eigenvalue weighted by Gasteiger charge is -2.51. The van der Waals surface area contributed by atoms with Crippen LogP contribution in [0.2, 0.25) is 0 Å². The number of nitrogens with zero attached hydrogens (tertiary/aromatic N) is 1. The summed E-state index contributed by atoms with van der Waals surface area (Å²) < 4.78 is 0. The van der Waals surface area contributed by atoms with Crippen molar-refractivity contribution in [1.29, 1.82) is 0 Å². The summed E-state index contributed by atoms with van der Waals surface area (Å²) in [4.78, 5) is 2.41. The zero-order chi connectivity index (χ0) is 7.03. The summed E-state index contributed by atoms with van der Waals surface area (Å²) in [5, 5.41) is 3.47. The minimum atomic E-state index is 0.688. The van der Waals surface area contributed by atoms with Crippen LogP contribution in [0.15, 0.2) is 0 Å². The van der Waals surface area contributed by atoms with Crippen molar-refractivity contribution < 1.29 is 0 Å². The van der Waals surface area contributed by atoms with E-state index in [1.807, 2.05) is 0 Å². The molecule has 0 aromatic heterocycles. The van der Waals surface area contributed by atoms with E-state index < -0.39 is 0 Å². The molecule has 58 valence electrons. The molecular weight excluding hydrogens is 124 g/mol. The Labute approximate surface area is 62.6 Å². The quantitative estimate of drug-likeness (QED) is 0.520. The first-order chi connectivity index (χ1) is 4.81. The average Bonchev–Trinajstić information content (AvgIpc) is 1.87. The molecule has 2 rings (SSSR count). The number of piperidine rings is 1. The van der Waals surface area contributed by atoms with E-state index in [0.29, 0.717) is 5.41 Å². The molecule has 0 aliphatic carbocycles. The van der Waals surface area contributed by atoms with E-state index in [1.54, 1.807) is 0 Å². The molecule has 2 saturated heterocycles. The minimum Gasteiger partial charge on any atom is -0.316 e. The first-order valence-corrected chi connectivity index (χ1v) is 4.20. The summed E-state index contributed by atoms with van der Waals surface area (Å²) in [6.45, 7) is 5.14. The lowest BCUT2D eigenvalue weighted by atomic mass is 9.74. The summed E-state index contributed by atoms with van der Waals surface area (Å²) in [5.41, 5.74) is 0.688. The van der Waals surface area contributed by atoms with Crippen molar-refractivity contribution in [1.82, 2.24) is 10.2 Å². The molecule has 2 fully saturated rings. The zero-order valence-corrected chi connectivity index (χ0v) is 6.69. The topological polar surface area (TPSA) is 15.3 Å². The summed E-state index contributed by atoms with van der Waals surface area (Å²) in [6.07, 6.45) is 2.83. The van der Waals surface area contributed by atoms with Crippen LogP contribution in [0.5, 0.6) is 0 Å². The number of nitrogens with one attached hydrogen (secondary N) is 1. The number of rotatable bonds is 0. The highest BCUT2D eigenvalue weighted by atomic mass is 15.2. The van der Waals surface area contributed by atoms with Crippen LogP contribution >= 0.6 is 0 Å². The highest BCUT2D eigenvalue weighted by molar-refractivity contribution is 4.96. The van der Waals surface area contributed by atoms with Gasteiger partial charge in [-0.15, -0.1) is 0 Å².